The molecule has 0 aliphatic carbocycles. The molecule has 0 bridgehead atoms. The average molecular weight is 848 g/mol. The van der Waals surface area contributed by atoms with Gasteiger partial charge in [0.1, 0.15) is 29.6 Å². The van der Waals surface area contributed by atoms with Gasteiger partial charge in [-0.25, -0.2) is 28.8 Å². The molecule has 5 aromatic rings. The zero-order valence-electron chi connectivity index (χ0n) is 30.7. The number of oxime groups is 1. The van der Waals surface area contributed by atoms with E-state index in [2.05, 4.69) is 24.9 Å². The molecule has 0 N–H and O–H groups in total. The Bertz CT molecular complexity index is 2330. The van der Waals surface area contributed by atoms with Gasteiger partial charge in [0.15, 0.2) is 12.7 Å². The van der Waals surface area contributed by atoms with Crippen LogP contribution in [0.5, 0.6) is 17.4 Å². The molecule has 0 amide bonds. The Labute approximate surface area is 338 Å². The normalized spacial score (nSPS) is 12.8. The smallest absolute Gasteiger partial charge is 0.347 e. The lowest BCUT2D eigenvalue weighted by Crippen LogP contribution is -2.31. The maximum Gasteiger partial charge on any atom is 0.347 e. The molecule has 56 heavy (non-hydrogen) atoms. The quantitative estimate of drug-likeness (QED) is 0.0378. The summed E-state index contributed by atoms with van der Waals surface area (Å²) in [5.74, 6) is -0.0153. The zero-order chi connectivity index (χ0) is 40.2. The number of methoxy groups -OCH3 is 1. The number of hydrogen-bond donors (Lipinski definition) is 0. The van der Waals surface area contributed by atoms with Gasteiger partial charge in [-0.05, 0) is 99.5 Å². The molecule has 0 fully saturated rings. The minimum Gasteiger partial charge on any atom is -0.479 e. The fourth-order valence-electron chi connectivity index (χ4n) is 4.88. The van der Waals surface area contributed by atoms with E-state index in [1.54, 1.807) is 58.8 Å². The molecule has 2 aromatic heterocycles. The van der Waals surface area contributed by atoms with Crippen molar-refractivity contribution in [1.29, 1.82) is 0 Å². The van der Waals surface area contributed by atoms with Gasteiger partial charge in [-0.15, -0.1) is 11.8 Å². The number of fused-ring (bicyclic) bond motifs is 2. The van der Waals surface area contributed by atoms with Gasteiger partial charge in [0.2, 0.25) is 10.7 Å². The Hall–Kier alpha value is -4.97. The predicted molar refractivity (Wildman–Crippen MR) is 212 cm³/mol. The summed E-state index contributed by atoms with van der Waals surface area (Å²) in [7, 11) is 1.30. The molecule has 3 aromatic carbocycles. The number of ether oxygens (including phenoxy) is 4. The second-order valence-electron chi connectivity index (χ2n) is 12.0. The van der Waals surface area contributed by atoms with Crippen molar-refractivity contribution in [2.45, 2.75) is 57.7 Å². The highest BCUT2D eigenvalue weighted by Gasteiger charge is 2.17. The van der Waals surface area contributed by atoms with Crippen molar-refractivity contribution in [2.75, 3.05) is 26.1 Å². The number of thioether (sulfide) groups is 1. The highest BCUT2D eigenvalue weighted by molar-refractivity contribution is 8.00. The van der Waals surface area contributed by atoms with Crippen LogP contribution in [-0.2, 0) is 37.0 Å². The largest absolute Gasteiger partial charge is 0.479 e. The molecule has 19 heteroatoms. The zero-order valence-corrected chi connectivity index (χ0v) is 33.8. The van der Waals surface area contributed by atoms with E-state index in [4.69, 9.17) is 42.3 Å². The highest BCUT2D eigenvalue weighted by Crippen LogP contribution is 2.33. The predicted octanol–water partition coefficient (Wildman–Crippen LogP) is 7.59. The second-order valence-corrected chi connectivity index (χ2v) is 14.8. The summed E-state index contributed by atoms with van der Waals surface area (Å²) < 4.78 is 38.7. The van der Waals surface area contributed by atoms with Gasteiger partial charge in [-0.1, -0.05) is 28.4 Å². The van der Waals surface area contributed by atoms with Crippen molar-refractivity contribution < 1.29 is 37.8 Å². The monoisotopic (exact) mass is 846 g/mol. The Morgan fingerprint density at radius 3 is 2.46 bits per heavy atom. The van der Waals surface area contributed by atoms with E-state index in [1.807, 2.05) is 13.8 Å². The summed E-state index contributed by atoms with van der Waals surface area (Å²) in [6.45, 7) is 6.83. The van der Waals surface area contributed by atoms with Crippen molar-refractivity contribution in [2.24, 2.45) is 10.1 Å². The molecule has 0 saturated carbocycles. The van der Waals surface area contributed by atoms with E-state index >= 15 is 0 Å². The minimum absolute atomic E-state index is 0.0605. The number of carbonyl (C=O) groups is 2. The summed E-state index contributed by atoms with van der Waals surface area (Å²) in [4.78, 5) is 54.2. The number of rotatable bonds is 13. The fraction of sp³-hybridized carbons (Fsp3) is 0.324. The summed E-state index contributed by atoms with van der Waals surface area (Å²) in [5, 5.41) is 4.55. The van der Waals surface area contributed by atoms with Crippen LogP contribution in [0.15, 0.2) is 80.6 Å². The van der Waals surface area contributed by atoms with Crippen LogP contribution in [0.4, 0.5) is 10.1 Å². The van der Waals surface area contributed by atoms with Crippen LogP contribution < -0.4 is 19.1 Å². The van der Waals surface area contributed by atoms with Crippen LogP contribution in [0.2, 0.25) is 10.0 Å². The molecule has 296 valence electrons. The molecule has 1 atom stereocenters. The SMILES string of the molecule is CC(C)=NOCCOC(=O)[C@@H](C)Oc1ccc(Oc2cnc3cc(Cl)ccc3n2)cc1.COC(=O)CSc1cc(/N=c2\sc(=O)n3n2CCCC3)c(F)cc1Cl. The van der Waals surface area contributed by atoms with Crippen LogP contribution in [-0.4, -0.2) is 69.2 Å². The minimum atomic E-state index is -0.777. The number of aromatic nitrogens is 4. The summed E-state index contributed by atoms with van der Waals surface area (Å²) >= 11 is 14.1. The third-order valence-corrected chi connectivity index (χ3v) is 10.1. The van der Waals surface area contributed by atoms with Crippen LogP contribution in [0.25, 0.3) is 11.0 Å². The second kappa shape index (κ2) is 20.3. The first-order valence-corrected chi connectivity index (χ1v) is 19.7. The topological polar surface area (TPSA) is 158 Å². The van der Waals surface area contributed by atoms with Gasteiger partial charge in [0, 0.05) is 23.0 Å². The lowest BCUT2D eigenvalue weighted by molar-refractivity contribution is -0.152. The van der Waals surface area contributed by atoms with Crippen molar-refractivity contribution >= 4 is 80.7 Å². The number of nitrogens with zero attached hydrogens (tertiary/aromatic N) is 6. The molecule has 0 spiro atoms. The van der Waals surface area contributed by atoms with Crippen molar-refractivity contribution in [1.82, 2.24) is 19.3 Å². The third-order valence-electron chi connectivity index (χ3n) is 7.52. The van der Waals surface area contributed by atoms with Crippen LogP contribution >= 0.6 is 46.3 Å². The van der Waals surface area contributed by atoms with E-state index in [-0.39, 0.29) is 34.5 Å². The van der Waals surface area contributed by atoms with Gasteiger partial charge in [-0.3, -0.25) is 14.3 Å². The molecule has 6 rings (SSSR count). The Morgan fingerprint density at radius 1 is 1.00 bits per heavy atom. The molecule has 1 aliphatic rings. The molecule has 0 saturated heterocycles. The van der Waals surface area contributed by atoms with Crippen LogP contribution in [0.3, 0.4) is 0 Å². The van der Waals surface area contributed by atoms with Gasteiger partial charge >= 0.3 is 16.8 Å². The fourth-order valence-corrected chi connectivity index (χ4v) is 7.03. The first kappa shape index (κ1) is 42.2. The Morgan fingerprint density at radius 2 is 1.73 bits per heavy atom. The van der Waals surface area contributed by atoms with E-state index < -0.39 is 23.9 Å². The molecular weight excluding hydrogens is 810 g/mol. The first-order chi connectivity index (χ1) is 26.9. The number of benzene rings is 3. The van der Waals surface area contributed by atoms with Crippen molar-refractivity contribution in [3.8, 4) is 17.4 Å². The van der Waals surface area contributed by atoms with E-state index in [0.29, 0.717) is 56.2 Å². The molecule has 0 unspecified atom stereocenters. The highest BCUT2D eigenvalue weighted by atomic mass is 35.5. The lowest BCUT2D eigenvalue weighted by atomic mass is 10.3. The molecular formula is C37H37Cl2FN6O8S2. The number of carbonyl (C=O) groups excluding carboxylic acids is 2. The van der Waals surface area contributed by atoms with Crippen LogP contribution in [0, 0.1) is 5.82 Å². The molecule has 1 aliphatic heterocycles. The Kier molecular flexibility index (Phi) is 15.3. The van der Waals surface area contributed by atoms with Crippen molar-refractivity contribution in [3.63, 3.8) is 0 Å². The summed E-state index contributed by atoms with van der Waals surface area (Å²) in [5.41, 5.74) is 2.23. The standard InChI is InChI=1S/C22H22ClN3O5.C15H15ClFN3O3S2/c1-14(2)26-29-11-10-28-22(27)15(3)30-17-5-7-18(8-6-17)31-21-13-24-20-12-16(23)4-9-19(20)25-21;1-23-13(21)8-24-12-7-11(10(17)6-9(12)16)18-14-19-4-2-3-5-20(19)15(22)25-14/h4-9,12-13,15H,10-11H2,1-3H3;6-7H,2-5,8H2,1H3/b;18-14-/t15-;/m1./s1. The van der Waals surface area contributed by atoms with Crippen LogP contribution in [0.1, 0.15) is 33.6 Å². The average Bonchev–Trinajstić information content (AvgIpc) is 3.50. The maximum absolute atomic E-state index is 14.3. The first-order valence-electron chi connectivity index (χ1n) is 17.1. The van der Waals surface area contributed by atoms with E-state index in [9.17, 15) is 18.8 Å². The van der Waals surface area contributed by atoms with Gasteiger partial charge in [0.05, 0.1) is 40.8 Å². The maximum atomic E-state index is 14.3. The van der Waals surface area contributed by atoms with Gasteiger partial charge < -0.3 is 23.8 Å². The Balaban J connectivity index is 0.000000219. The van der Waals surface area contributed by atoms with Gasteiger partial charge in [-0.2, -0.15) is 0 Å². The van der Waals surface area contributed by atoms with Gasteiger partial charge in [0.25, 0.3) is 0 Å². The number of halogens is 3. The lowest BCUT2D eigenvalue weighted by Gasteiger charge is -2.15. The number of esters is 2. The number of hydrogen-bond acceptors (Lipinski definition) is 14. The molecule has 3 heterocycles. The summed E-state index contributed by atoms with van der Waals surface area (Å²) in [6, 6.07) is 14.7. The molecule has 14 nitrogen and oxygen atoms in total. The summed E-state index contributed by atoms with van der Waals surface area (Å²) in [6.07, 6.45) is 2.64. The van der Waals surface area contributed by atoms with E-state index in [1.165, 1.54) is 19.4 Å². The van der Waals surface area contributed by atoms with E-state index in [0.717, 1.165) is 47.7 Å². The third kappa shape index (κ3) is 12.0. The molecule has 0 radical (unpaired) electrons. The van der Waals surface area contributed by atoms with Crippen molar-refractivity contribution in [3.05, 3.63) is 91.1 Å².